The number of unbranched alkanes of at least 4 members (excludes halogenated alkanes) is 13. The lowest BCUT2D eigenvalue weighted by Gasteiger charge is -2.29. The Kier molecular flexibility index (Phi) is 24.8. The molecule has 0 aliphatic rings. The van der Waals surface area contributed by atoms with Crippen LogP contribution in [0.15, 0.2) is 24.3 Å². The Morgan fingerprint density at radius 1 is 0.829 bits per heavy atom. The Morgan fingerprint density at radius 2 is 1.37 bits per heavy atom. The summed E-state index contributed by atoms with van der Waals surface area (Å²) in [6.07, 6.45) is 25.6. The molecule has 9 heteroatoms. The van der Waals surface area contributed by atoms with Gasteiger partial charge in [0.2, 0.25) is 5.91 Å². The van der Waals surface area contributed by atoms with E-state index < -0.39 is 26.6 Å². The Hall–Kier alpha value is -1.02. The Labute approximate surface area is 252 Å². The van der Waals surface area contributed by atoms with Crippen LogP contribution in [-0.4, -0.2) is 68.5 Å². The van der Waals surface area contributed by atoms with Gasteiger partial charge in [-0.05, 0) is 32.1 Å². The number of carbonyl (C=O) groups excluding carboxylic acids is 1. The summed E-state index contributed by atoms with van der Waals surface area (Å²) in [6, 6.07) is -0.892. The number of aliphatic hydroxyl groups is 1. The van der Waals surface area contributed by atoms with E-state index in [0.717, 1.165) is 44.9 Å². The summed E-state index contributed by atoms with van der Waals surface area (Å²) in [7, 11) is 1.23. The summed E-state index contributed by atoms with van der Waals surface area (Å²) in [5.41, 5.74) is 0. The normalized spacial score (nSPS) is 15.4. The van der Waals surface area contributed by atoms with Gasteiger partial charge in [0.15, 0.2) is 0 Å². The summed E-state index contributed by atoms with van der Waals surface area (Å²) in [4.78, 5) is 24.7. The van der Waals surface area contributed by atoms with Gasteiger partial charge in [0.1, 0.15) is 13.2 Å². The minimum absolute atomic E-state index is 0.00612. The van der Waals surface area contributed by atoms with E-state index in [2.05, 4.69) is 31.3 Å². The molecule has 0 aromatic heterocycles. The van der Waals surface area contributed by atoms with Gasteiger partial charge in [0.25, 0.3) is 7.82 Å². The van der Waals surface area contributed by atoms with Crippen molar-refractivity contribution in [2.75, 3.05) is 40.9 Å². The molecule has 0 bridgehead atoms. The topological polar surface area (TPSA) is 108 Å². The van der Waals surface area contributed by atoms with E-state index in [1.165, 1.54) is 57.8 Å². The van der Waals surface area contributed by atoms with Crippen LogP contribution in [0.25, 0.3) is 0 Å². The molecule has 3 atom stereocenters. The number of allylic oxidation sites excluding steroid dienone is 3. The second kappa shape index (κ2) is 25.5. The fraction of sp³-hybridized carbons (Fsp3) is 0.844. The van der Waals surface area contributed by atoms with Crippen molar-refractivity contribution in [2.24, 2.45) is 0 Å². The number of quaternary nitrogens is 1. The van der Waals surface area contributed by atoms with Gasteiger partial charge in [-0.2, -0.15) is 0 Å². The average Bonchev–Trinajstić information content (AvgIpc) is 2.90. The molecule has 0 aliphatic carbocycles. The number of aliphatic hydroxyl groups excluding tert-OH is 1. The highest BCUT2D eigenvalue weighted by atomic mass is 31.2. The molecule has 0 saturated heterocycles. The number of carbonyl (C=O) groups is 1. The van der Waals surface area contributed by atoms with Crippen LogP contribution in [0.4, 0.5) is 0 Å². The number of amides is 1. The second-order valence-electron chi connectivity index (χ2n) is 12.2. The van der Waals surface area contributed by atoms with Crippen LogP contribution in [0.2, 0.25) is 0 Å². The largest absolute Gasteiger partial charge is 0.756 e. The van der Waals surface area contributed by atoms with Crippen LogP contribution in [0.5, 0.6) is 0 Å². The van der Waals surface area contributed by atoms with Gasteiger partial charge in [-0.1, -0.05) is 109 Å². The SMILES string of the molecule is CCCCCCCCCCC/C=C/CC/C=C/C(O)C(COP(=O)([O-])OCC[N+](C)(C)C)NC(=O)CCCCCC. The molecule has 0 heterocycles. The maximum Gasteiger partial charge on any atom is 0.268 e. The highest BCUT2D eigenvalue weighted by molar-refractivity contribution is 7.45. The lowest BCUT2D eigenvalue weighted by atomic mass is 10.1. The Morgan fingerprint density at radius 3 is 1.98 bits per heavy atom. The molecule has 3 unspecified atom stereocenters. The summed E-state index contributed by atoms with van der Waals surface area (Å²) < 4.78 is 22.8. The van der Waals surface area contributed by atoms with E-state index in [1.807, 2.05) is 27.2 Å². The first-order chi connectivity index (χ1) is 19.5. The highest BCUT2D eigenvalue weighted by Gasteiger charge is 2.23. The molecule has 0 rings (SSSR count). The summed E-state index contributed by atoms with van der Waals surface area (Å²) in [5, 5.41) is 13.5. The van der Waals surface area contributed by atoms with Crippen molar-refractivity contribution >= 4 is 13.7 Å². The van der Waals surface area contributed by atoms with Crippen LogP contribution in [0.3, 0.4) is 0 Å². The van der Waals surface area contributed by atoms with Crippen LogP contribution in [0, 0.1) is 0 Å². The van der Waals surface area contributed by atoms with Gasteiger partial charge >= 0.3 is 0 Å². The maximum atomic E-state index is 12.4. The molecule has 0 aliphatic heterocycles. The minimum atomic E-state index is -4.56. The van der Waals surface area contributed by atoms with Crippen molar-refractivity contribution in [2.45, 2.75) is 135 Å². The lowest BCUT2D eigenvalue weighted by molar-refractivity contribution is -0.870. The number of rotatable bonds is 28. The van der Waals surface area contributed by atoms with Crippen molar-refractivity contribution in [3.8, 4) is 0 Å². The molecule has 0 spiro atoms. The molecule has 0 radical (unpaired) electrons. The van der Waals surface area contributed by atoms with E-state index in [1.54, 1.807) is 6.08 Å². The van der Waals surface area contributed by atoms with Gasteiger partial charge in [-0.3, -0.25) is 9.36 Å². The molecule has 8 nitrogen and oxygen atoms in total. The maximum absolute atomic E-state index is 12.4. The molecule has 0 fully saturated rings. The number of hydrogen-bond donors (Lipinski definition) is 2. The fourth-order valence-corrected chi connectivity index (χ4v) is 4.95. The molecular formula is C32H63N2O6P. The number of hydrogen-bond acceptors (Lipinski definition) is 6. The third-order valence-electron chi connectivity index (χ3n) is 6.91. The third kappa shape index (κ3) is 27.6. The van der Waals surface area contributed by atoms with Crippen LogP contribution >= 0.6 is 7.82 Å². The summed E-state index contributed by atoms with van der Waals surface area (Å²) >= 11 is 0. The highest BCUT2D eigenvalue weighted by Crippen LogP contribution is 2.38. The van der Waals surface area contributed by atoms with Crippen LogP contribution in [-0.2, 0) is 18.4 Å². The monoisotopic (exact) mass is 602 g/mol. The van der Waals surface area contributed by atoms with Crippen LogP contribution < -0.4 is 10.2 Å². The number of nitrogens with zero attached hydrogens (tertiary/aromatic N) is 1. The van der Waals surface area contributed by atoms with E-state index in [0.29, 0.717) is 17.4 Å². The van der Waals surface area contributed by atoms with E-state index in [9.17, 15) is 19.4 Å². The van der Waals surface area contributed by atoms with Crippen molar-refractivity contribution in [1.82, 2.24) is 5.32 Å². The average molecular weight is 603 g/mol. The van der Waals surface area contributed by atoms with Crippen molar-refractivity contribution < 1.29 is 32.9 Å². The second-order valence-corrected chi connectivity index (χ2v) is 13.6. The van der Waals surface area contributed by atoms with Crippen molar-refractivity contribution in [3.05, 3.63) is 24.3 Å². The van der Waals surface area contributed by atoms with E-state index in [4.69, 9.17) is 9.05 Å². The Balaban J connectivity index is 4.53. The molecule has 0 aromatic carbocycles. The molecule has 0 saturated carbocycles. The predicted molar refractivity (Wildman–Crippen MR) is 168 cm³/mol. The minimum Gasteiger partial charge on any atom is -0.756 e. The first-order valence-corrected chi connectivity index (χ1v) is 17.7. The zero-order valence-corrected chi connectivity index (χ0v) is 27.9. The number of phosphoric acid groups is 1. The fourth-order valence-electron chi connectivity index (χ4n) is 4.22. The zero-order valence-electron chi connectivity index (χ0n) is 27.0. The molecule has 41 heavy (non-hydrogen) atoms. The molecule has 0 aromatic rings. The first kappa shape index (κ1) is 40.0. The van der Waals surface area contributed by atoms with Gasteiger partial charge in [0.05, 0.1) is 39.9 Å². The number of phosphoric ester groups is 1. The molecule has 1 amide bonds. The molecule has 242 valence electrons. The van der Waals surface area contributed by atoms with Gasteiger partial charge in [-0.15, -0.1) is 0 Å². The van der Waals surface area contributed by atoms with E-state index >= 15 is 0 Å². The molecule has 2 N–H and O–H groups in total. The predicted octanol–water partition coefficient (Wildman–Crippen LogP) is 6.82. The standard InChI is InChI=1S/C32H63N2O6P/c1-6-8-10-12-13-14-15-16-17-18-19-20-21-22-23-25-31(35)30(33-32(36)26-24-11-9-7-2)29-40-41(37,38)39-28-27-34(3,4)5/h19-20,23,25,30-31,35H,6-18,21-22,24,26-29H2,1-5H3,(H-,33,36,37,38)/b20-19+,25-23+. The van der Waals surface area contributed by atoms with Crippen molar-refractivity contribution in [1.29, 1.82) is 0 Å². The van der Waals surface area contributed by atoms with E-state index in [-0.39, 0.29) is 12.5 Å². The zero-order chi connectivity index (χ0) is 30.8. The Bertz CT molecular complexity index is 738. The third-order valence-corrected chi connectivity index (χ3v) is 7.88. The summed E-state index contributed by atoms with van der Waals surface area (Å²) in [6.45, 7) is 4.45. The van der Waals surface area contributed by atoms with Gasteiger partial charge in [0, 0.05) is 6.42 Å². The summed E-state index contributed by atoms with van der Waals surface area (Å²) in [5.74, 6) is -0.228. The number of nitrogens with one attached hydrogen (secondary N) is 1. The van der Waals surface area contributed by atoms with Crippen molar-refractivity contribution in [3.63, 3.8) is 0 Å². The lowest BCUT2D eigenvalue weighted by Crippen LogP contribution is -2.45. The van der Waals surface area contributed by atoms with Gasteiger partial charge in [-0.25, -0.2) is 0 Å². The molecular weight excluding hydrogens is 539 g/mol. The van der Waals surface area contributed by atoms with Crippen LogP contribution in [0.1, 0.15) is 123 Å². The van der Waals surface area contributed by atoms with Gasteiger partial charge < -0.3 is 28.8 Å². The quantitative estimate of drug-likeness (QED) is 0.0440. The first-order valence-electron chi connectivity index (χ1n) is 16.2. The number of likely N-dealkylation sites (N-methyl/N-ethyl adjacent to an activating group) is 1. The smallest absolute Gasteiger partial charge is 0.268 e.